The fourth-order valence-electron chi connectivity index (χ4n) is 3.75. The van der Waals surface area contributed by atoms with Crippen LogP contribution in [-0.2, 0) is 0 Å². The third-order valence-electron chi connectivity index (χ3n) is 4.93. The SMILES string of the molecule is OB(O)c1ccccc1-c1[nH]c2ccccc2c1C(CC(F)(F)F)c1cccs1. The van der Waals surface area contributed by atoms with E-state index in [2.05, 4.69) is 4.98 Å². The van der Waals surface area contributed by atoms with E-state index >= 15 is 0 Å². The van der Waals surface area contributed by atoms with Gasteiger partial charge in [0.05, 0.1) is 12.1 Å². The van der Waals surface area contributed by atoms with Gasteiger partial charge in [-0.1, -0.05) is 48.5 Å². The number of aromatic nitrogens is 1. The van der Waals surface area contributed by atoms with Crippen LogP contribution in [0.25, 0.3) is 22.2 Å². The maximum atomic E-state index is 13.5. The van der Waals surface area contributed by atoms with Gasteiger partial charge in [0, 0.05) is 21.7 Å². The fraction of sp³-hybridized carbons (Fsp3) is 0.143. The highest BCUT2D eigenvalue weighted by Gasteiger charge is 2.36. The lowest BCUT2D eigenvalue weighted by Crippen LogP contribution is -2.31. The predicted octanol–water partition coefficient (Wildman–Crippen LogP) is 4.66. The lowest BCUT2D eigenvalue weighted by atomic mass is 9.75. The van der Waals surface area contributed by atoms with Crippen LogP contribution in [0.4, 0.5) is 13.2 Å². The van der Waals surface area contributed by atoms with Crippen LogP contribution in [0.15, 0.2) is 66.0 Å². The summed E-state index contributed by atoms with van der Waals surface area (Å²) in [4.78, 5) is 3.83. The molecule has 0 spiro atoms. The van der Waals surface area contributed by atoms with Gasteiger partial charge in [-0.3, -0.25) is 0 Å². The van der Waals surface area contributed by atoms with Crippen LogP contribution >= 0.6 is 11.3 Å². The van der Waals surface area contributed by atoms with Crippen LogP contribution in [0.3, 0.4) is 0 Å². The number of benzene rings is 2. The minimum Gasteiger partial charge on any atom is -0.423 e. The van der Waals surface area contributed by atoms with Crippen molar-refractivity contribution in [2.45, 2.75) is 18.5 Å². The number of fused-ring (bicyclic) bond motifs is 1. The maximum absolute atomic E-state index is 13.5. The molecule has 0 amide bonds. The Morgan fingerprint density at radius 2 is 1.69 bits per heavy atom. The van der Waals surface area contributed by atoms with Crippen LogP contribution in [0, 0.1) is 0 Å². The van der Waals surface area contributed by atoms with Crippen molar-refractivity contribution in [2.75, 3.05) is 0 Å². The summed E-state index contributed by atoms with van der Waals surface area (Å²) in [6.07, 6.45) is -5.37. The zero-order valence-corrected chi connectivity index (χ0v) is 16.0. The number of halogens is 3. The van der Waals surface area contributed by atoms with Crippen molar-refractivity contribution in [1.82, 2.24) is 4.98 Å². The predicted molar refractivity (Wildman–Crippen MR) is 110 cm³/mol. The Morgan fingerprint density at radius 3 is 2.38 bits per heavy atom. The normalized spacial score (nSPS) is 13.0. The van der Waals surface area contributed by atoms with E-state index in [0.29, 0.717) is 32.6 Å². The molecule has 3 N–H and O–H groups in total. The molecule has 0 bridgehead atoms. The van der Waals surface area contributed by atoms with Gasteiger partial charge in [0.25, 0.3) is 0 Å². The molecule has 4 aromatic rings. The minimum atomic E-state index is -4.36. The topological polar surface area (TPSA) is 56.2 Å². The molecule has 2 aromatic heterocycles. The summed E-state index contributed by atoms with van der Waals surface area (Å²) < 4.78 is 40.6. The average Bonchev–Trinajstić information content (AvgIpc) is 3.33. The second-order valence-corrected chi connectivity index (χ2v) is 7.79. The standard InChI is InChI=1S/C21H17BF3NO2S/c23-21(24,25)12-15(18-10-5-11-29-18)19-14-7-2-4-9-17(14)26-20(19)13-6-1-3-8-16(13)22(27)28/h1-11,15,26-28H,12H2. The molecule has 3 nitrogen and oxygen atoms in total. The van der Waals surface area contributed by atoms with Crippen molar-refractivity contribution in [1.29, 1.82) is 0 Å². The van der Waals surface area contributed by atoms with Crippen molar-refractivity contribution in [2.24, 2.45) is 0 Å². The fourth-order valence-corrected chi connectivity index (χ4v) is 4.59. The number of rotatable bonds is 5. The average molecular weight is 415 g/mol. The summed E-state index contributed by atoms with van der Waals surface area (Å²) in [5.41, 5.74) is 2.38. The first-order valence-corrected chi connectivity index (χ1v) is 9.89. The first-order valence-electron chi connectivity index (χ1n) is 9.01. The van der Waals surface area contributed by atoms with E-state index in [1.807, 2.05) is 6.07 Å². The molecular weight excluding hydrogens is 398 g/mol. The van der Waals surface area contributed by atoms with Gasteiger partial charge in [-0.25, -0.2) is 0 Å². The lowest BCUT2D eigenvalue weighted by Gasteiger charge is -2.20. The van der Waals surface area contributed by atoms with Crippen LogP contribution < -0.4 is 5.46 Å². The Hall–Kier alpha value is -2.55. The van der Waals surface area contributed by atoms with Crippen LogP contribution in [0.5, 0.6) is 0 Å². The largest absolute Gasteiger partial charge is 0.489 e. The van der Waals surface area contributed by atoms with E-state index in [-0.39, 0.29) is 5.46 Å². The number of aromatic amines is 1. The molecule has 0 aliphatic carbocycles. The number of para-hydroxylation sites is 1. The summed E-state index contributed by atoms with van der Waals surface area (Å²) in [6.45, 7) is 0. The zero-order valence-electron chi connectivity index (χ0n) is 15.1. The number of thiophene rings is 1. The van der Waals surface area contributed by atoms with Gasteiger partial charge in [-0.2, -0.15) is 13.2 Å². The molecule has 148 valence electrons. The number of hydrogen-bond donors (Lipinski definition) is 3. The molecule has 2 heterocycles. The van der Waals surface area contributed by atoms with Crippen molar-refractivity contribution in [3.63, 3.8) is 0 Å². The quantitative estimate of drug-likeness (QED) is 0.416. The number of nitrogens with one attached hydrogen (secondary N) is 1. The molecule has 0 saturated carbocycles. The first kappa shape index (κ1) is 19.8. The number of alkyl halides is 3. The molecule has 4 rings (SSSR count). The Labute approximate surface area is 169 Å². The number of hydrogen-bond acceptors (Lipinski definition) is 3. The first-order chi connectivity index (χ1) is 13.8. The molecule has 0 aliphatic rings. The Morgan fingerprint density at radius 1 is 0.966 bits per heavy atom. The molecule has 0 radical (unpaired) electrons. The van der Waals surface area contributed by atoms with Gasteiger partial charge in [0.15, 0.2) is 0 Å². The Kier molecular flexibility index (Phi) is 5.25. The molecule has 0 saturated heterocycles. The van der Waals surface area contributed by atoms with Crippen LogP contribution in [0.1, 0.15) is 22.8 Å². The third-order valence-corrected chi connectivity index (χ3v) is 5.91. The smallest absolute Gasteiger partial charge is 0.423 e. The van der Waals surface area contributed by atoms with E-state index in [0.717, 1.165) is 0 Å². The van der Waals surface area contributed by atoms with Gasteiger partial charge in [0.1, 0.15) is 0 Å². The highest BCUT2D eigenvalue weighted by molar-refractivity contribution is 7.10. The molecule has 1 atom stereocenters. The van der Waals surface area contributed by atoms with Crippen LogP contribution in [-0.4, -0.2) is 28.3 Å². The van der Waals surface area contributed by atoms with Gasteiger partial charge < -0.3 is 15.0 Å². The summed E-state index contributed by atoms with van der Waals surface area (Å²) in [5, 5.41) is 22.1. The highest BCUT2D eigenvalue weighted by atomic mass is 32.1. The van der Waals surface area contributed by atoms with Gasteiger partial charge in [-0.15, -0.1) is 11.3 Å². The second kappa shape index (κ2) is 7.70. The van der Waals surface area contributed by atoms with Gasteiger partial charge in [-0.05, 0) is 34.1 Å². The van der Waals surface area contributed by atoms with E-state index in [9.17, 15) is 23.2 Å². The second-order valence-electron chi connectivity index (χ2n) is 6.81. The van der Waals surface area contributed by atoms with E-state index in [1.165, 1.54) is 11.3 Å². The maximum Gasteiger partial charge on any atom is 0.489 e. The Balaban J connectivity index is 2.02. The van der Waals surface area contributed by atoms with Crippen molar-refractivity contribution < 1.29 is 23.2 Å². The van der Waals surface area contributed by atoms with Gasteiger partial charge in [0.2, 0.25) is 0 Å². The lowest BCUT2D eigenvalue weighted by molar-refractivity contribution is -0.136. The Bertz CT molecular complexity index is 1120. The molecule has 1 unspecified atom stereocenters. The van der Waals surface area contributed by atoms with Crippen molar-refractivity contribution in [3.05, 3.63) is 76.5 Å². The molecule has 0 fully saturated rings. The summed E-state index contributed by atoms with van der Waals surface area (Å²) in [7, 11) is -1.74. The molecule has 8 heteroatoms. The van der Waals surface area contributed by atoms with Crippen LogP contribution in [0.2, 0.25) is 0 Å². The monoisotopic (exact) mass is 415 g/mol. The number of H-pyrrole nitrogens is 1. The molecule has 29 heavy (non-hydrogen) atoms. The molecular formula is C21H17BF3NO2S. The van der Waals surface area contributed by atoms with E-state index in [1.54, 1.807) is 60.0 Å². The minimum absolute atomic E-state index is 0.234. The van der Waals surface area contributed by atoms with E-state index in [4.69, 9.17) is 0 Å². The molecule has 2 aromatic carbocycles. The van der Waals surface area contributed by atoms with E-state index < -0.39 is 25.6 Å². The summed E-state index contributed by atoms with van der Waals surface area (Å²) >= 11 is 1.28. The van der Waals surface area contributed by atoms with Crippen molar-refractivity contribution >= 4 is 34.8 Å². The summed E-state index contributed by atoms with van der Waals surface area (Å²) in [5.74, 6) is -0.912. The van der Waals surface area contributed by atoms with Gasteiger partial charge >= 0.3 is 13.3 Å². The summed E-state index contributed by atoms with van der Waals surface area (Å²) in [6, 6.07) is 17.3. The van der Waals surface area contributed by atoms with Crippen molar-refractivity contribution in [3.8, 4) is 11.3 Å². The molecule has 0 aliphatic heterocycles. The highest BCUT2D eigenvalue weighted by Crippen LogP contribution is 2.44. The third kappa shape index (κ3) is 3.96. The zero-order chi connectivity index (χ0) is 20.6.